The van der Waals surface area contributed by atoms with E-state index < -0.39 is 10.0 Å². The predicted octanol–water partition coefficient (Wildman–Crippen LogP) is 4.66. The first-order chi connectivity index (χ1) is 17.7. The van der Waals surface area contributed by atoms with Gasteiger partial charge in [-0.05, 0) is 61.7 Å². The number of aryl methyl sites for hydroxylation is 3. The van der Waals surface area contributed by atoms with Crippen LogP contribution in [0.4, 0.5) is 5.69 Å². The van der Waals surface area contributed by atoms with Crippen molar-refractivity contribution >= 4 is 27.7 Å². The van der Waals surface area contributed by atoms with Crippen molar-refractivity contribution in [3.63, 3.8) is 0 Å². The van der Waals surface area contributed by atoms with Crippen LogP contribution in [-0.4, -0.2) is 63.4 Å². The highest BCUT2D eigenvalue weighted by Gasteiger charge is 2.30. The Bertz CT molecular complexity index is 1320. The Morgan fingerprint density at radius 2 is 1.46 bits per heavy atom. The summed E-state index contributed by atoms with van der Waals surface area (Å²) in [6.45, 7) is 9.00. The lowest BCUT2D eigenvalue weighted by Gasteiger charge is -2.35. The second kappa shape index (κ2) is 11.8. The van der Waals surface area contributed by atoms with Crippen LogP contribution < -0.4 is 4.31 Å². The van der Waals surface area contributed by atoms with Gasteiger partial charge < -0.3 is 4.90 Å². The molecule has 3 aromatic carbocycles. The van der Waals surface area contributed by atoms with Gasteiger partial charge >= 0.3 is 0 Å². The molecule has 0 atom stereocenters. The summed E-state index contributed by atoms with van der Waals surface area (Å²) in [5, 5.41) is 0. The van der Waals surface area contributed by atoms with E-state index in [9.17, 15) is 13.2 Å². The highest BCUT2D eigenvalue weighted by Crippen LogP contribution is 2.26. The summed E-state index contributed by atoms with van der Waals surface area (Å²) < 4.78 is 28.7. The first-order valence-electron chi connectivity index (χ1n) is 12.6. The van der Waals surface area contributed by atoms with Gasteiger partial charge in [0.25, 0.3) is 10.0 Å². The van der Waals surface area contributed by atoms with Gasteiger partial charge in [0.1, 0.15) is 6.54 Å². The van der Waals surface area contributed by atoms with Crippen molar-refractivity contribution in [2.24, 2.45) is 0 Å². The Kier molecular flexibility index (Phi) is 8.46. The molecule has 0 radical (unpaired) electrons. The molecule has 1 amide bonds. The zero-order valence-corrected chi connectivity index (χ0v) is 22.6. The Hall–Kier alpha value is -3.42. The number of rotatable bonds is 8. The second-order valence-corrected chi connectivity index (χ2v) is 11.5. The number of sulfonamides is 1. The molecule has 7 heteroatoms. The molecule has 4 rings (SSSR count). The minimum atomic E-state index is -3.92. The van der Waals surface area contributed by atoms with Gasteiger partial charge in [-0.15, -0.1) is 0 Å². The van der Waals surface area contributed by atoms with E-state index in [0.29, 0.717) is 18.8 Å². The third kappa shape index (κ3) is 6.87. The van der Waals surface area contributed by atoms with Crippen LogP contribution in [-0.2, 0) is 14.8 Å². The van der Waals surface area contributed by atoms with Crippen LogP contribution in [0.3, 0.4) is 0 Å². The third-order valence-electron chi connectivity index (χ3n) is 6.58. The highest BCUT2D eigenvalue weighted by atomic mass is 32.2. The number of amides is 1. The van der Waals surface area contributed by atoms with Crippen molar-refractivity contribution in [2.45, 2.75) is 25.7 Å². The van der Waals surface area contributed by atoms with Gasteiger partial charge in [0.05, 0.1) is 10.6 Å². The maximum atomic E-state index is 13.7. The van der Waals surface area contributed by atoms with Crippen LogP contribution in [0.5, 0.6) is 0 Å². The average Bonchev–Trinajstić information content (AvgIpc) is 2.88. The van der Waals surface area contributed by atoms with Crippen LogP contribution in [0.15, 0.2) is 83.8 Å². The van der Waals surface area contributed by atoms with Crippen LogP contribution >= 0.6 is 0 Å². The monoisotopic (exact) mass is 517 g/mol. The van der Waals surface area contributed by atoms with E-state index >= 15 is 0 Å². The molecule has 1 saturated heterocycles. The number of hydrogen-bond acceptors (Lipinski definition) is 4. The maximum absolute atomic E-state index is 13.7. The fraction of sp³-hybridized carbons (Fsp3) is 0.300. The van der Waals surface area contributed by atoms with E-state index in [-0.39, 0.29) is 17.3 Å². The van der Waals surface area contributed by atoms with Gasteiger partial charge in [0.15, 0.2) is 0 Å². The highest BCUT2D eigenvalue weighted by molar-refractivity contribution is 7.92. The van der Waals surface area contributed by atoms with E-state index in [2.05, 4.69) is 29.2 Å². The van der Waals surface area contributed by atoms with Crippen molar-refractivity contribution in [2.75, 3.05) is 43.6 Å². The average molecular weight is 518 g/mol. The third-order valence-corrected chi connectivity index (χ3v) is 8.37. The first kappa shape index (κ1) is 26.6. The van der Waals surface area contributed by atoms with Crippen LogP contribution in [0, 0.1) is 20.8 Å². The van der Waals surface area contributed by atoms with Gasteiger partial charge in [-0.3, -0.25) is 14.0 Å². The molecule has 3 aromatic rings. The molecule has 6 nitrogen and oxygen atoms in total. The first-order valence-corrected chi connectivity index (χ1v) is 14.1. The molecule has 194 valence electrons. The normalized spacial score (nSPS) is 14.7. The van der Waals surface area contributed by atoms with Gasteiger partial charge in [-0.1, -0.05) is 66.2 Å². The van der Waals surface area contributed by atoms with Gasteiger partial charge in [0, 0.05) is 32.7 Å². The summed E-state index contributed by atoms with van der Waals surface area (Å²) in [5.74, 6) is -0.186. The van der Waals surface area contributed by atoms with E-state index in [1.807, 2.05) is 57.2 Å². The minimum Gasteiger partial charge on any atom is -0.339 e. The van der Waals surface area contributed by atoms with Crippen molar-refractivity contribution in [1.29, 1.82) is 0 Å². The molecule has 0 aromatic heterocycles. The van der Waals surface area contributed by atoms with Crippen LogP contribution in [0.2, 0.25) is 0 Å². The quantitative estimate of drug-likeness (QED) is 0.436. The van der Waals surface area contributed by atoms with Gasteiger partial charge in [-0.2, -0.15) is 0 Å². The number of nitrogens with zero attached hydrogens (tertiary/aromatic N) is 3. The maximum Gasteiger partial charge on any atom is 0.264 e. The molecule has 0 N–H and O–H groups in total. The van der Waals surface area contributed by atoms with Crippen molar-refractivity contribution in [1.82, 2.24) is 9.80 Å². The van der Waals surface area contributed by atoms with Crippen molar-refractivity contribution in [3.05, 3.63) is 101 Å². The zero-order valence-electron chi connectivity index (χ0n) is 21.8. The summed E-state index contributed by atoms with van der Waals surface area (Å²) in [7, 11) is -3.92. The molecule has 1 heterocycles. The zero-order chi connectivity index (χ0) is 26.4. The number of hydrogen-bond donors (Lipinski definition) is 0. The summed E-state index contributed by atoms with van der Waals surface area (Å²) in [5.41, 5.74) is 4.55. The summed E-state index contributed by atoms with van der Waals surface area (Å²) in [4.78, 5) is 17.6. The second-order valence-electron chi connectivity index (χ2n) is 9.67. The van der Waals surface area contributed by atoms with E-state index in [0.717, 1.165) is 41.9 Å². The molecule has 37 heavy (non-hydrogen) atoms. The molecule has 0 spiro atoms. The number of anilines is 1. The molecule has 0 saturated carbocycles. The predicted molar refractivity (Wildman–Crippen MR) is 150 cm³/mol. The lowest BCUT2D eigenvalue weighted by Crippen LogP contribution is -2.51. The van der Waals surface area contributed by atoms with Gasteiger partial charge in [0.2, 0.25) is 5.91 Å². The Balaban J connectivity index is 1.46. The van der Waals surface area contributed by atoms with Crippen molar-refractivity contribution < 1.29 is 13.2 Å². The Morgan fingerprint density at radius 1 is 0.838 bits per heavy atom. The molecule has 0 bridgehead atoms. The lowest BCUT2D eigenvalue weighted by molar-refractivity contribution is -0.131. The van der Waals surface area contributed by atoms with E-state index in [4.69, 9.17) is 0 Å². The molecule has 1 aliphatic rings. The van der Waals surface area contributed by atoms with E-state index in [1.54, 1.807) is 29.2 Å². The van der Waals surface area contributed by atoms with Crippen molar-refractivity contribution in [3.8, 4) is 0 Å². The molecular formula is C30H35N3O3S. The topological polar surface area (TPSA) is 60.9 Å². The Labute approximate surface area is 220 Å². The van der Waals surface area contributed by atoms with E-state index in [1.165, 1.54) is 4.31 Å². The smallest absolute Gasteiger partial charge is 0.264 e. The number of carbonyl (C=O) groups excluding carboxylic acids is 1. The largest absolute Gasteiger partial charge is 0.339 e. The fourth-order valence-corrected chi connectivity index (χ4v) is 5.95. The number of carbonyl (C=O) groups is 1. The van der Waals surface area contributed by atoms with Crippen LogP contribution in [0.1, 0.15) is 22.3 Å². The van der Waals surface area contributed by atoms with Gasteiger partial charge in [-0.25, -0.2) is 8.42 Å². The molecule has 0 aliphatic carbocycles. The molecule has 1 aliphatic heterocycles. The minimum absolute atomic E-state index is 0.181. The van der Waals surface area contributed by atoms with Crippen LogP contribution in [0.25, 0.3) is 6.08 Å². The SMILES string of the molecule is Cc1ccc(S(=O)(=O)N(CC(=O)N2CCN(C/C=C/c3ccccc3)CC2)c2cc(C)cc(C)c2)cc1. The number of piperazine rings is 1. The Morgan fingerprint density at radius 3 is 2.08 bits per heavy atom. The fourth-order valence-electron chi connectivity index (χ4n) is 4.55. The molecule has 1 fully saturated rings. The summed E-state index contributed by atoms with van der Waals surface area (Å²) in [6, 6.07) is 22.6. The summed E-state index contributed by atoms with van der Waals surface area (Å²) in [6.07, 6.45) is 4.25. The standard InChI is InChI=1S/C30H35N3O3S/c1-24-11-13-29(14-12-24)37(35,36)33(28-21-25(2)20-26(3)22-28)23-30(34)32-18-16-31(17-19-32)15-7-10-27-8-5-4-6-9-27/h4-14,20-22H,15-19,23H2,1-3H3/b10-7+. The molecular weight excluding hydrogens is 482 g/mol. The number of benzene rings is 3. The lowest BCUT2D eigenvalue weighted by atomic mass is 10.1. The molecule has 0 unspecified atom stereocenters. The summed E-state index contributed by atoms with van der Waals surface area (Å²) >= 11 is 0.